The highest BCUT2D eigenvalue weighted by Crippen LogP contribution is 2.19. The maximum absolute atomic E-state index is 4.83. The first-order valence-corrected chi connectivity index (χ1v) is 3.96. The summed E-state index contributed by atoms with van der Waals surface area (Å²) in [4.78, 5) is 6.91. The molecule has 0 amide bonds. The molecule has 0 saturated carbocycles. The van der Waals surface area contributed by atoms with Crippen LogP contribution in [0.4, 0.5) is 0 Å². The molecule has 0 unspecified atom stereocenters. The Morgan fingerprint density at radius 2 is 2.09 bits per heavy atom. The van der Waals surface area contributed by atoms with Gasteiger partial charge in [-0.15, -0.1) is 0 Å². The van der Waals surface area contributed by atoms with Gasteiger partial charge in [0.2, 0.25) is 0 Å². The normalized spacial score (nSPS) is 11.5. The van der Waals surface area contributed by atoms with Crippen molar-refractivity contribution in [1.82, 2.24) is 9.97 Å². The molecular formula is C8H12N2S. The summed E-state index contributed by atoms with van der Waals surface area (Å²) in [6, 6.07) is 0. The molecule has 0 bridgehead atoms. The number of hydrogen-bond donors (Lipinski definition) is 1. The molecule has 3 heteroatoms. The van der Waals surface area contributed by atoms with Crippen LogP contribution in [-0.2, 0) is 5.41 Å². The van der Waals surface area contributed by atoms with Crippen LogP contribution in [-0.4, -0.2) is 9.97 Å². The van der Waals surface area contributed by atoms with E-state index >= 15 is 0 Å². The van der Waals surface area contributed by atoms with Gasteiger partial charge in [-0.05, 0) is 23.2 Å². The molecule has 1 aromatic heterocycles. The lowest BCUT2D eigenvalue weighted by molar-refractivity contribution is 0.583. The summed E-state index contributed by atoms with van der Waals surface area (Å²) in [6.45, 7) is 6.42. The molecule has 2 nitrogen and oxygen atoms in total. The van der Waals surface area contributed by atoms with Crippen molar-refractivity contribution in [2.45, 2.75) is 26.2 Å². The van der Waals surface area contributed by atoms with E-state index in [0.29, 0.717) is 4.77 Å². The van der Waals surface area contributed by atoms with Crippen molar-refractivity contribution in [1.29, 1.82) is 0 Å². The van der Waals surface area contributed by atoms with E-state index in [9.17, 15) is 0 Å². The van der Waals surface area contributed by atoms with Crippen LogP contribution >= 0.6 is 12.2 Å². The fraction of sp³-hybridized carbons (Fsp3) is 0.500. The first kappa shape index (κ1) is 8.40. The zero-order valence-electron chi connectivity index (χ0n) is 7.01. The quantitative estimate of drug-likeness (QED) is 0.603. The predicted octanol–water partition coefficient (Wildman–Crippen LogP) is 2.44. The van der Waals surface area contributed by atoms with Crippen LogP contribution in [0.25, 0.3) is 0 Å². The maximum atomic E-state index is 4.83. The Labute approximate surface area is 71.7 Å². The molecule has 60 valence electrons. The highest BCUT2D eigenvalue weighted by atomic mass is 32.1. The third-order valence-corrected chi connectivity index (χ3v) is 1.76. The smallest absolute Gasteiger partial charge is 0.196 e. The van der Waals surface area contributed by atoms with Crippen molar-refractivity contribution in [3.63, 3.8) is 0 Å². The third-order valence-electron chi connectivity index (χ3n) is 1.54. The monoisotopic (exact) mass is 168 g/mol. The molecular weight excluding hydrogens is 156 g/mol. The molecule has 0 aliphatic carbocycles. The number of aromatic nitrogens is 2. The summed E-state index contributed by atoms with van der Waals surface area (Å²) < 4.78 is 0.540. The van der Waals surface area contributed by atoms with Gasteiger partial charge in [-0.3, -0.25) is 0 Å². The number of aromatic amines is 1. The van der Waals surface area contributed by atoms with Gasteiger partial charge in [0, 0.05) is 12.4 Å². The third kappa shape index (κ3) is 2.12. The number of hydrogen-bond acceptors (Lipinski definition) is 2. The number of rotatable bonds is 0. The minimum absolute atomic E-state index is 0.145. The van der Waals surface area contributed by atoms with Crippen LogP contribution in [0.3, 0.4) is 0 Å². The van der Waals surface area contributed by atoms with Crippen LogP contribution in [0.2, 0.25) is 0 Å². The second kappa shape index (κ2) is 2.74. The van der Waals surface area contributed by atoms with Gasteiger partial charge >= 0.3 is 0 Å². The first-order valence-electron chi connectivity index (χ1n) is 3.55. The topological polar surface area (TPSA) is 28.7 Å². The van der Waals surface area contributed by atoms with Crippen LogP contribution in [0.15, 0.2) is 12.4 Å². The second-order valence-electron chi connectivity index (χ2n) is 3.56. The fourth-order valence-corrected chi connectivity index (χ4v) is 0.864. The summed E-state index contributed by atoms with van der Waals surface area (Å²) >= 11 is 4.83. The molecule has 0 fully saturated rings. The average molecular weight is 168 g/mol. The Kier molecular flexibility index (Phi) is 2.09. The van der Waals surface area contributed by atoms with E-state index in [1.165, 1.54) is 5.56 Å². The molecule has 0 aromatic carbocycles. The van der Waals surface area contributed by atoms with Gasteiger partial charge in [0.25, 0.3) is 0 Å². The zero-order valence-corrected chi connectivity index (χ0v) is 7.83. The molecule has 0 spiro atoms. The average Bonchev–Trinajstić information content (AvgIpc) is 1.86. The van der Waals surface area contributed by atoms with Crippen molar-refractivity contribution in [3.8, 4) is 0 Å². The highest BCUT2D eigenvalue weighted by Gasteiger charge is 2.12. The van der Waals surface area contributed by atoms with E-state index in [0.717, 1.165) is 0 Å². The number of nitrogens with one attached hydrogen (secondary N) is 1. The van der Waals surface area contributed by atoms with Gasteiger partial charge in [0.15, 0.2) is 4.77 Å². The van der Waals surface area contributed by atoms with Gasteiger partial charge in [-0.25, -0.2) is 4.98 Å². The molecule has 0 atom stereocenters. The van der Waals surface area contributed by atoms with Gasteiger partial charge in [-0.2, -0.15) is 0 Å². The molecule has 1 heterocycles. The van der Waals surface area contributed by atoms with Crippen molar-refractivity contribution < 1.29 is 0 Å². The van der Waals surface area contributed by atoms with E-state index in [4.69, 9.17) is 12.2 Å². The lowest BCUT2D eigenvalue weighted by Crippen LogP contribution is -2.11. The lowest BCUT2D eigenvalue weighted by Gasteiger charge is -2.17. The van der Waals surface area contributed by atoms with Gasteiger partial charge in [0.05, 0.1) is 0 Å². The van der Waals surface area contributed by atoms with E-state index in [2.05, 4.69) is 30.7 Å². The summed E-state index contributed by atoms with van der Waals surface area (Å²) in [5.74, 6) is 0. The largest absolute Gasteiger partial charge is 0.337 e. The van der Waals surface area contributed by atoms with Crippen LogP contribution in [0, 0.1) is 4.77 Å². The molecule has 1 rings (SSSR count). The van der Waals surface area contributed by atoms with Crippen molar-refractivity contribution in [3.05, 3.63) is 22.7 Å². The Balaban J connectivity index is 3.09. The second-order valence-corrected chi connectivity index (χ2v) is 3.94. The standard InChI is InChI=1S/C8H12N2S/c1-8(2,3)6-4-9-7(11)10-5-6/h4-5H,1-3H3,(H,9,10,11). The molecule has 0 saturated heterocycles. The van der Waals surface area contributed by atoms with Crippen LogP contribution in [0.5, 0.6) is 0 Å². The molecule has 0 aliphatic heterocycles. The molecule has 0 radical (unpaired) electrons. The molecule has 1 aromatic rings. The Hall–Kier alpha value is -0.700. The summed E-state index contributed by atoms with van der Waals surface area (Å²) in [5, 5.41) is 0. The van der Waals surface area contributed by atoms with Crippen molar-refractivity contribution >= 4 is 12.2 Å². The van der Waals surface area contributed by atoms with Crippen LogP contribution in [0.1, 0.15) is 26.3 Å². The van der Waals surface area contributed by atoms with Gasteiger partial charge in [-0.1, -0.05) is 20.8 Å². The minimum Gasteiger partial charge on any atom is -0.337 e. The summed E-state index contributed by atoms with van der Waals surface area (Å²) in [6.07, 6.45) is 3.73. The Morgan fingerprint density at radius 1 is 1.45 bits per heavy atom. The lowest BCUT2D eigenvalue weighted by atomic mass is 9.89. The zero-order chi connectivity index (χ0) is 8.48. The Bertz CT molecular complexity index is 275. The van der Waals surface area contributed by atoms with Crippen molar-refractivity contribution in [2.24, 2.45) is 0 Å². The number of H-pyrrole nitrogens is 1. The molecule has 11 heavy (non-hydrogen) atoms. The Morgan fingerprint density at radius 3 is 2.45 bits per heavy atom. The molecule has 1 N–H and O–H groups in total. The van der Waals surface area contributed by atoms with Gasteiger partial charge < -0.3 is 4.98 Å². The minimum atomic E-state index is 0.145. The first-order chi connectivity index (χ1) is 5.00. The van der Waals surface area contributed by atoms with E-state index in [1.807, 2.05) is 12.4 Å². The maximum Gasteiger partial charge on any atom is 0.196 e. The predicted molar refractivity (Wildman–Crippen MR) is 48.1 cm³/mol. The highest BCUT2D eigenvalue weighted by molar-refractivity contribution is 7.71. The number of nitrogens with zero attached hydrogens (tertiary/aromatic N) is 1. The van der Waals surface area contributed by atoms with E-state index < -0.39 is 0 Å². The fourth-order valence-electron chi connectivity index (χ4n) is 0.752. The summed E-state index contributed by atoms with van der Waals surface area (Å²) in [7, 11) is 0. The van der Waals surface area contributed by atoms with Crippen LogP contribution < -0.4 is 0 Å². The van der Waals surface area contributed by atoms with Gasteiger partial charge in [0.1, 0.15) is 0 Å². The molecule has 0 aliphatic rings. The summed E-state index contributed by atoms with van der Waals surface area (Å²) in [5.41, 5.74) is 1.32. The van der Waals surface area contributed by atoms with E-state index in [1.54, 1.807) is 0 Å². The van der Waals surface area contributed by atoms with Crippen molar-refractivity contribution in [2.75, 3.05) is 0 Å². The van der Waals surface area contributed by atoms with E-state index in [-0.39, 0.29) is 5.41 Å². The SMILES string of the molecule is CC(C)(C)c1cnc(=S)[nH]c1.